The summed E-state index contributed by atoms with van der Waals surface area (Å²) in [6, 6.07) is 3.67. The van der Waals surface area contributed by atoms with E-state index in [1.165, 1.54) is 0 Å². The summed E-state index contributed by atoms with van der Waals surface area (Å²) in [7, 11) is 0. The summed E-state index contributed by atoms with van der Waals surface area (Å²) in [5.41, 5.74) is 1.95. The Hall–Kier alpha value is -3.03. The van der Waals surface area contributed by atoms with Crippen molar-refractivity contribution in [1.82, 2.24) is 29.8 Å². The van der Waals surface area contributed by atoms with Gasteiger partial charge in [-0.25, -0.2) is 9.67 Å². The predicted octanol–water partition coefficient (Wildman–Crippen LogP) is 3.80. The number of carbonyl (C=O) groups excluding carboxylic acids is 1. The molecule has 158 valence electrons. The molecule has 0 aromatic carbocycles. The highest BCUT2D eigenvalue weighted by molar-refractivity contribution is 5.95. The van der Waals surface area contributed by atoms with Gasteiger partial charge in [0.05, 0.1) is 17.5 Å². The molecule has 8 heteroatoms. The Balaban J connectivity index is 1.60. The summed E-state index contributed by atoms with van der Waals surface area (Å²) < 4.78 is 7.14. The number of pyridine rings is 1. The first-order valence-electron chi connectivity index (χ1n) is 10.4. The molecule has 0 N–H and O–H groups in total. The molecule has 30 heavy (non-hydrogen) atoms. The van der Waals surface area contributed by atoms with Gasteiger partial charge in [-0.15, -0.1) is 0 Å². The first-order valence-corrected chi connectivity index (χ1v) is 10.4. The van der Waals surface area contributed by atoms with E-state index in [4.69, 9.17) is 4.52 Å². The van der Waals surface area contributed by atoms with Crippen LogP contribution >= 0.6 is 0 Å². The van der Waals surface area contributed by atoms with Crippen molar-refractivity contribution in [1.29, 1.82) is 0 Å². The van der Waals surface area contributed by atoms with Crippen molar-refractivity contribution in [2.24, 2.45) is 5.92 Å². The van der Waals surface area contributed by atoms with Crippen LogP contribution in [-0.2, 0) is 5.41 Å². The summed E-state index contributed by atoms with van der Waals surface area (Å²) in [5.74, 6) is 2.40. The van der Waals surface area contributed by atoms with Gasteiger partial charge >= 0.3 is 0 Å². The van der Waals surface area contributed by atoms with Gasteiger partial charge in [-0.1, -0.05) is 32.9 Å². The molecule has 0 radical (unpaired) electrons. The first kappa shape index (κ1) is 20.3. The second kappa shape index (κ2) is 7.66. The molecule has 4 rings (SSSR count). The van der Waals surface area contributed by atoms with Gasteiger partial charge in [-0.3, -0.25) is 4.79 Å². The fourth-order valence-electron chi connectivity index (χ4n) is 3.55. The Bertz CT molecular complexity index is 1050. The molecule has 0 unspecified atom stereocenters. The molecule has 0 saturated carbocycles. The van der Waals surface area contributed by atoms with Gasteiger partial charge in [0.2, 0.25) is 0 Å². The van der Waals surface area contributed by atoms with Crippen molar-refractivity contribution in [3.05, 3.63) is 41.6 Å². The Morgan fingerprint density at radius 1 is 1.23 bits per heavy atom. The molecule has 3 aromatic heterocycles. The molecule has 0 bridgehead atoms. The molecule has 1 saturated heterocycles. The van der Waals surface area contributed by atoms with Gasteiger partial charge in [0.15, 0.2) is 11.6 Å². The Morgan fingerprint density at radius 3 is 2.63 bits per heavy atom. The number of hydrogen-bond acceptors (Lipinski definition) is 6. The van der Waals surface area contributed by atoms with Gasteiger partial charge in [-0.05, 0) is 37.8 Å². The molecule has 1 aliphatic heterocycles. The lowest BCUT2D eigenvalue weighted by Gasteiger charge is -2.30. The Kier molecular flexibility index (Phi) is 5.17. The Morgan fingerprint density at radius 2 is 1.97 bits per heavy atom. The smallest absolute Gasteiger partial charge is 0.258 e. The van der Waals surface area contributed by atoms with Crippen LogP contribution in [0, 0.1) is 12.8 Å². The lowest BCUT2D eigenvalue weighted by atomic mass is 9.96. The number of amides is 1. The third-order valence-corrected chi connectivity index (χ3v) is 5.62. The van der Waals surface area contributed by atoms with Crippen LogP contribution in [0.2, 0.25) is 0 Å². The SMILES string of the molecule is Cc1c(C(=O)N2CCC(C)CC2)cnn1-c1cc(-c2nc(C(C)(C)C)no2)ccn1. The van der Waals surface area contributed by atoms with Crippen molar-refractivity contribution in [3.63, 3.8) is 0 Å². The number of carbonyl (C=O) groups is 1. The van der Waals surface area contributed by atoms with Gasteiger partial charge in [0, 0.05) is 30.3 Å². The number of likely N-dealkylation sites (tertiary alicyclic amines) is 1. The molecule has 1 amide bonds. The molecule has 1 aliphatic rings. The number of rotatable bonds is 3. The van der Waals surface area contributed by atoms with E-state index in [0.717, 1.165) is 37.2 Å². The van der Waals surface area contributed by atoms with Crippen LogP contribution in [-0.4, -0.2) is 48.8 Å². The van der Waals surface area contributed by atoms with Crippen LogP contribution in [0.1, 0.15) is 62.4 Å². The van der Waals surface area contributed by atoms with Crippen molar-refractivity contribution in [2.45, 2.75) is 52.9 Å². The van der Waals surface area contributed by atoms with Crippen molar-refractivity contribution in [2.75, 3.05) is 13.1 Å². The third-order valence-electron chi connectivity index (χ3n) is 5.62. The van der Waals surface area contributed by atoms with E-state index in [2.05, 4.69) is 27.1 Å². The molecule has 8 nitrogen and oxygen atoms in total. The fraction of sp³-hybridized carbons (Fsp3) is 0.500. The minimum absolute atomic E-state index is 0.0357. The van der Waals surface area contributed by atoms with Crippen LogP contribution in [0.4, 0.5) is 0 Å². The second-order valence-electron chi connectivity index (χ2n) is 9.11. The summed E-state index contributed by atoms with van der Waals surface area (Å²) in [5, 5.41) is 8.53. The third kappa shape index (κ3) is 3.86. The van der Waals surface area contributed by atoms with Crippen molar-refractivity contribution >= 4 is 5.91 Å². The monoisotopic (exact) mass is 408 g/mol. The molecule has 0 spiro atoms. The molecule has 1 fully saturated rings. The highest BCUT2D eigenvalue weighted by Gasteiger charge is 2.25. The minimum Gasteiger partial charge on any atom is -0.339 e. The summed E-state index contributed by atoms with van der Waals surface area (Å²) in [4.78, 5) is 23.8. The molecular formula is C22H28N6O2. The topological polar surface area (TPSA) is 89.9 Å². The maximum Gasteiger partial charge on any atom is 0.258 e. The Labute approximate surface area is 176 Å². The minimum atomic E-state index is -0.197. The maximum absolute atomic E-state index is 13.0. The molecular weight excluding hydrogens is 380 g/mol. The predicted molar refractivity (Wildman–Crippen MR) is 112 cm³/mol. The van der Waals surface area contributed by atoms with Crippen LogP contribution in [0.5, 0.6) is 0 Å². The van der Waals surface area contributed by atoms with E-state index in [1.807, 2.05) is 44.7 Å². The number of piperidine rings is 1. The molecule has 3 aromatic rings. The van der Waals surface area contributed by atoms with Gasteiger partial charge in [0.25, 0.3) is 11.8 Å². The van der Waals surface area contributed by atoms with Gasteiger partial charge in [0.1, 0.15) is 0 Å². The largest absolute Gasteiger partial charge is 0.339 e. The maximum atomic E-state index is 13.0. The van der Waals surface area contributed by atoms with Gasteiger partial charge < -0.3 is 9.42 Å². The zero-order valence-corrected chi connectivity index (χ0v) is 18.2. The van der Waals surface area contributed by atoms with E-state index >= 15 is 0 Å². The highest BCUT2D eigenvalue weighted by atomic mass is 16.5. The summed E-state index contributed by atoms with van der Waals surface area (Å²) >= 11 is 0. The van der Waals surface area contributed by atoms with E-state index in [9.17, 15) is 4.79 Å². The standard InChI is InChI=1S/C22H28N6O2/c1-14-7-10-27(11-8-14)20(29)17-13-24-28(15(17)2)18-12-16(6-9-23-18)19-25-21(26-30-19)22(3,4)5/h6,9,12-14H,7-8,10-11H2,1-5H3. The van der Waals surface area contributed by atoms with Crippen LogP contribution < -0.4 is 0 Å². The average Bonchev–Trinajstić information content (AvgIpc) is 3.35. The average molecular weight is 409 g/mol. The summed E-state index contributed by atoms with van der Waals surface area (Å²) in [6.07, 6.45) is 5.40. The van der Waals surface area contributed by atoms with E-state index in [0.29, 0.717) is 29.0 Å². The fourth-order valence-corrected chi connectivity index (χ4v) is 3.55. The van der Waals surface area contributed by atoms with Crippen LogP contribution in [0.15, 0.2) is 29.0 Å². The zero-order valence-electron chi connectivity index (χ0n) is 18.2. The second-order valence-corrected chi connectivity index (χ2v) is 9.11. The zero-order chi connectivity index (χ0) is 21.5. The highest BCUT2D eigenvalue weighted by Crippen LogP contribution is 2.25. The molecule has 0 aliphatic carbocycles. The number of nitrogens with zero attached hydrogens (tertiary/aromatic N) is 6. The van der Waals surface area contributed by atoms with Gasteiger partial charge in [-0.2, -0.15) is 10.1 Å². The van der Waals surface area contributed by atoms with Crippen molar-refractivity contribution in [3.8, 4) is 17.3 Å². The molecule has 0 atom stereocenters. The molecule has 4 heterocycles. The van der Waals surface area contributed by atoms with Crippen molar-refractivity contribution < 1.29 is 9.32 Å². The van der Waals surface area contributed by atoms with E-state index in [-0.39, 0.29) is 11.3 Å². The van der Waals surface area contributed by atoms with E-state index in [1.54, 1.807) is 17.1 Å². The number of aromatic nitrogens is 5. The first-order chi connectivity index (χ1) is 14.2. The quantitative estimate of drug-likeness (QED) is 0.655. The normalized spacial score (nSPS) is 15.6. The summed E-state index contributed by atoms with van der Waals surface area (Å²) in [6.45, 7) is 11.8. The van der Waals surface area contributed by atoms with E-state index < -0.39 is 0 Å². The van der Waals surface area contributed by atoms with Crippen LogP contribution in [0.25, 0.3) is 17.3 Å². The number of hydrogen-bond donors (Lipinski definition) is 0. The van der Waals surface area contributed by atoms with Crippen LogP contribution in [0.3, 0.4) is 0 Å². The lowest BCUT2D eigenvalue weighted by molar-refractivity contribution is 0.0696. The lowest BCUT2D eigenvalue weighted by Crippen LogP contribution is -2.38.